The van der Waals surface area contributed by atoms with Gasteiger partial charge in [-0.05, 0) is 18.2 Å². The number of nitrogens with two attached hydrogens (primary N) is 1. The van der Waals surface area contributed by atoms with Gasteiger partial charge in [0.15, 0.2) is 0 Å². The van der Waals surface area contributed by atoms with Crippen LogP contribution in [0, 0.1) is 0 Å². The number of thioether (sulfide) groups is 1. The highest BCUT2D eigenvalue weighted by Gasteiger charge is 2.05. The Morgan fingerprint density at radius 2 is 2.00 bits per heavy atom. The van der Waals surface area contributed by atoms with E-state index < -0.39 is 0 Å². The molecule has 0 bridgehead atoms. The highest BCUT2D eigenvalue weighted by Crippen LogP contribution is 2.28. The first-order valence-corrected chi connectivity index (χ1v) is 7.04. The Morgan fingerprint density at radius 1 is 1.32 bits per heavy atom. The first kappa shape index (κ1) is 15.7. The van der Waals surface area contributed by atoms with E-state index in [1.54, 1.807) is 18.2 Å². The van der Waals surface area contributed by atoms with E-state index in [4.69, 9.17) is 17.3 Å². The molecule has 0 aliphatic carbocycles. The molecular formula is C12H16ClN3O2S. The largest absolute Gasteiger partial charge is 0.399 e. The van der Waals surface area contributed by atoms with E-state index in [9.17, 15) is 9.59 Å². The minimum atomic E-state index is -0.114. The molecule has 0 aliphatic heterocycles. The molecule has 0 heterocycles. The lowest BCUT2D eigenvalue weighted by atomic mass is 10.3. The molecule has 2 amide bonds. The molecule has 1 rings (SSSR count). The number of hydrogen-bond acceptors (Lipinski definition) is 4. The molecule has 0 unspecified atom stereocenters. The summed E-state index contributed by atoms with van der Waals surface area (Å²) in [5.74, 6) is 0.0458. The van der Waals surface area contributed by atoms with Gasteiger partial charge >= 0.3 is 0 Å². The van der Waals surface area contributed by atoms with E-state index >= 15 is 0 Å². The van der Waals surface area contributed by atoms with Crippen molar-refractivity contribution >= 4 is 40.9 Å². The standard InChI is InChI=1S/C12H16ClN3O2S/c1-8(17)15-4-5-16-12(18)7-19-11-3-2-9(14)6-10(11)13/h2-3,6H,4-5,7,14H2,1H3,(H,15,17)(H,16,18). The van der Waals surface area contributed by atoms with Crippen LogP contribution in [0.2, 0.25) is 5.02 Å². The monoisotopic (exact) mass is 301 g/mol. The smallest absolute Gasteiger partial charge is 0.230 e. The Bertz CT molecular complexity index is 468. The van der Waals surface area contributed by atoms with E-state index in [-0.39, 0.29) is 17.6 Å². The van der Waals surface area contributed by atoms with Gasteiger partial charge in [-0.2, -0.15) is 0 Å². The zero-order valence-electron chi connectivity index (χ0n) is 10.5. The number of rotatable bonds is 6. The molecule has 0 aliphatic rings. The van der Waals surface area contributed by atoms with Crippen molar-refractivity contribution in [2.24, 2.45) is 0 Å². The van der Waals surface area contributed by atoms with Crippen LogP contribution < -0.4 is 16.4 Å². The van der Waals surface area contributed by atoms with E-state index in [0.717, 1.165) is 4.90 Å². The predicted molar refractivity (Wildman–Crippen MR) is 78.3 cm³/mol. The second kappa shape index (κ2) is 7.91. The number of nitrogen functional groups attached to an aromatic ring is 1. The summed E-state index contributed by atoms with van der Waals surface area (Å²) < 4.78 is 0. The molecule has 1 aromatic carbocycles. The van der Waals surface area contributed by atoms with Crippen molar-refractivity contribution < 1.29 is 9.59 Å². The van der Waals surface area contributed by atoms with Gasteiger partial charge in [0.1, 0.15) is 0 Å². The van der Waals surface area contributed by atoms with Crippen LogP contribution in [-0.4, -0.2) is 30.7 Å². The van der Waals surface area contributed by atoms with E-state index in [2.05, 4.69) is 10.6 Å². The van der Waals surface area contributed by atoms with Crippen LogP contribution in [0.5, 0.6) is 0 Å². The maximum absolute atomic E-state index is 11.5. The number of carbonyl (C=O) groups is 2. The molecule has 0 aromatic heterocycles. The number of amides is 2. The van der Waals surface area contributed by atoms with Gasteiger partial charge in [-0.15, -0.1) is 11.8 Å². The van der Waals surface area contributed by atoms with Crippen molar-refractivity contribution in [2.75, 3.05) is 24.6 Å². The Labute approximate surface area is 121 Å². The maximum Gasteiger partial charge on any atom is 0.230 e. The quantitative estimate of drug-likeness (QED) is 0.420. The zero-order valence-corrected chi connectivity index (χ0v) is 12.1. The highest BCUT2D eigenvalue weighted by molar-refractivity contribution is 8.00. The van der Waals surface area contributed by atoms with Crippen molar-refractivity contribution in [1.82, 2.24) is 10.6 Å². The highest BCUT2D eigenvalue weighted by atomic mass is 35.5. The molecule has 4 N–H and O–H groups in total. The lowest BCUT2D eigenvalue weighted by Gasteiger charge is -2.07. The number of hydrogen-bond donors (Lipinski definition) is 3. The Hall–Kier alpha value is -1.40. The topological polar surface area (TPSA) is 84.2 Å². The lowest BCUT2D eigenvalue weighted by Crippen LogP contribution is -2.34. The van der Waals surface area contributed by atoms with Gasteiger partial charge in [0.25, 0.3) is 0 Å². The van der Waals surface area contributed by atoms with Crippen LogP contribution in [0.25, 0.3) is 0 Å². The van der Waals surface area contributed by atoms with Gasteiger partial charge in [0.2, 0.25) is 11.8 Å². The summed E-state index contributed by atoms with van der Waals surface area (Å²) in [5, 5.41) is 5.83. The van der Waals surface area contributed by atoms with Crippen LogP contribution in [0.4, 0.5) is 5.69 Å². The Balaban J connectivity index is 2.28. The fourth-order valence-electron chi connectivity index (χ4n) is 1.27. The van der Waals surface area contributed by atoms with Crippen molar-refractivity contribution in [3.8, 4) is 0 Å². The summed E-state index contributed by atoms with van der Waals surface area (Å²) >= 11 is 7.34. The maximum atomic E-state index is 11.5. The van der Waals surface area contributed by atoms with E-state index in [1.165, 1.54) is 18.7 Å². The molecule has 0 saturated carbocycles. The third kappa shape index (κ3) is 6.35. The predicted octanol–water partition coefficient (Wildman–Crippen LogP) is 1.27. The molecular weight excluding hydrogens is 286 g/mol. The SMILES string of the molecule is CC(=O)NCCNC(=O)CSc1ccc(N)cc1Cl. The summed E-state index contributed by atoms with van der Waals surface area (Å²) in [6.45, 7) is 2.27. The number of carbonyl (C=O) groups excluding carboxylic acids is 2. The first-order valence-electron chi connectivity index (χ1n) is 5.68. The fourth-order valence-corrected chi connectivity index (χ4v) is 2.37. The Morgan fingerprint density at radius 3 is 2.63 bits per heavy atom. The second-order valence-corrected chi connectivity index (χ2v) is 5.24. The summed E-state index contributed by atoms with van der Waals surface area (Å²) in [6, 6.07) is 5.17. The molecule has 19 heavy (non-hydrogen) atoms. The zero-order chi connectivity index (χ0) is 14.3. The van der Waals surface area contributed by atoms with E-state index in [0.29, 0.717) is 23.8 Å². The van der Waals surface area contributed by atoms with Crippen molar-refractivity contribution in [3.63, 3.8) is 0 Å². The van der Waals surface area contributed by atoms with Crippen LogP contribution in [-0.2, 0) is 9.59 Å². The molecule has 5 nitrogen and oxygen atoms in total. The van der Waals surface area contributed by atoms with Crippen molar-refractivity contribution in [2.45, 2.75) is 11.8 Å². The molecule has 0 spiro atoms. The van der Waals surface area contributed by atoms with Gasteiger partial charge < -0.3 is 16.4 Å². The normalized spacial score (nSPS) is 10.0. The van der Waals surface area contributed by atoms with E-state index in [1.807, 2.05) is 0 Å². The Kier molecular flexibility index (Phi) is 6.52. The van der Waals surface area contributed by atoms with Crippen LogP contribution >= 0.6 is 23.4 Å². The molecule has 7 heteroatoms. The number of anilines is 1. The second-order valence-electron chi connectivity index (χ2n) is 3.81. The number of benzene rings is 1. The third-order valence-corrected chi connectivity index (χ3v) is 3.63. The fraction of sp³-hybridized carbons (Fsp3) is 0.333. The average molecular weight is 302 g/mol. The number of halogens is 1. The molecule has 0 fully saturated rings. The molecule has 1 aromatic rings. The number of nitrogens with one attached hydrogen (secondary N) is 2. The minimum Gasteiger partial charge on any atom is -0.399 e. The van der Waals surface area contributed by atoms with Gasteiger partial charge in [0.05, 0.1) is 10.8 Å². The van der Waals surface area contributed by atoms with Gasteiger partial charge in [-0.3, -0.25) is 9.59 Å². The van der Waals surface area contributed by atoms with Crippen molar-refractivity contribution in [3.05, 3.63) is 23.2 Å². The van der Waals surface area contributed by atoms with Crippen LogP contribution in [0.1, 0.15) is 6.92 Å². The molecule has 0 atom stereocenters. The van der Waals surface area contributed by atoms with Gasteiger partial charge in [-0.25, -0.2) is 0 Å². The van der Waals surface area contributed by atoms with Crippen LogP contribution in [0.3, 0.4) is 0 Å². The molecule has 0 saturated heterocycles. The third-order valence-electron chi connectivity index (χ3n) is 2.14. The molecule has 0 radical (unpaired) electrons. The van der Waals surface area contributed by atoms with Gasteiger partial charge in [-0.1, -0.05) is 11.6 Å². The minimum absolute atomic E-state index is 0.108. The first-order chi connectivity index (χ1) is 8.99. The van der Waals surface area contributed by atoms with Gasteiger partial charge in [0, 0.05) is 30.6 Å². The van der Waals surface area contributed by atoms with Crippen molar-refractivity contribution in [1.29, 1.82) is 0 Å². The summed E-state index contributed by atoms with van der Waals surface area (Å²) in [7, 11) is 0. The average Bonchev–Trinajstić information content (AvgIpc) is 2.33. The summed E-state index contributed by atoms with van der Waals surface area (Å²) in [5.41, 5.74) is 6.17. The lowest BCUT2D eigenvalue weighted by molar-refractivity contribution is -0.120. The molecule has 104 valence electrons. The summed E-state index contributed by atoms with van der Waals surface area (Å²) in [6.07, 6.45) is 0. The van der Waals surface area contributed by atoms with Crippen LogP contribution in [0.15, 0.2) is 23.1 Å². The summed E-state index contributed by atoms with van der Waals surface area (Å²) in [4.78, 5) is 23.0.